The monoisotopic (exact) mass is 456 g/mol. The van der Waals surface area contributed by atoms with Gasteiger partial charge in [-0.2, -0.15) is 0 Å². The summed E-state index contributed by atoms with van der Waals surface area (Å²) in [6, 6.07) is 9.81. The van der Waals surface area contributed by atoms with E-state index in [0.717, 1.165) is 37.7 Å². The topological polar surface area (TPSA) is 132 Å². The second kappa shape index (κ2) is 11.2. The van der Waals surface area contributed by atoms with Crippen molar-refractivity contribution in [2.24, 2.45) is 0 Å². The van der Waals surface area contributed by atoms with Crippen molar-refractivity contribution in [1.82, 2.24) is 10.6 Å². The maximum atomic E-state index is 13.0. The van der Waals surface area contributed by atoms with Gasteiger partial charge in [0.25, 0.3) is 11.6 Å². The van der Waals surface area contributed by atoms with Crippen molar-refractivity contribution in [1.29, 1.82) is 0 Å². The van der Waals surface area contributed by atoms with Gasteiger partial charge in [0.05, 0.1) is 24.7 Å². The number of non-ortho nitro benzene ring substituents is 1. The van der Waals surface area contributed by atoms with E-state index in [2.05, 4.69) is 16.0 Å². The van der Waals surface area contributed by atoms with Crippen LogP contribution in [0.1, 0.15) is 41.6 Å². The first kappa shape index (κ1) is 23.8. The molecule has 1 fully saturated rings. The van der Waals surface area contributed by atoms with Crippen LogP contribution >= 0.6 is 0 Å². The number of hydrogen-bond donors (Lipinski definition) is 3. The number of amides is 2. The van der Waals surface area contributed by atoms with Crippen molar-refractivity contribution >= 4 is 23.7 Å². The molecular formula is C23H28N4O6. The highest BCUT2D eigenvalue weighted by Crippen LogP contribution is 2.29. The van der Waals surface area contributed by atoms with Crippen LogP contribution in [0.3, 0.4) is 0 Å². The van der Waals surface area contributed by atoms with Gasteiger partial charge in [0.1, 0.15) is 0 Å². The van der Waals surface area contributed by atoms with E-state index in [0.29, 0.717) is 17.2 Å². The second-order valence-electron chi connectivity index (χ2n) is 7.84. The first-order valence-corrected chi connectivity index (χ1v) is 10.7. The molecule has 0 saturated heterocycles. The molecule has 2 aromatic carbocycles. The molecule has 2 aromatic rings. The van der Waals surface area contributed by atoms with Crippen LogP contribution in [0, 0.1) is 10.1 Å². The van der Waals surface area contributed by atoms with Gasteiger partial charge in [-0.1, -0.05) is 6.07 Å². The van der Waals surface area contributed by atoms with Crippen LogP contribution in [-0.4, -0.2) is 43.5 Å². The van der Waals surface area contributed by atoms with E-state index in [1.165, 1.54) is 19.2 Å². The van der Waals surface area contributed by atoms with Gasteiger partial charge < -0.3 is 25.4 Å². The van der Waals surface area contributed by atoms with Crippen molar-refractivity contribution < 1.29 is 24.0 Å². The number of benzene rings is 2. The maximum Gasteiger partial charge on any atom is 0.270 e. The molecule has 2 amide bonds. The largest absolute Gasteiger partial charge is 0.493 e. The smallest absolute Gasteiger partial charge is 0.270 e. The molecule has 0 bridgehead atoms. The Balaban J connectivity index is 1.73. The molecule has 10 nitrogen and oxygen atoms in total. The van der Waals surface area contributed by atoms with Crippen LogP contribution in [0.15, 0.2) is 36.4 Å². The molecule has 33 heavy (non-hydrogen) atoms. The van der Waals surface area contributed by atoms with Crippen LogP contribution in [0.5, 0.6) is 11.5 Å². The van der Waals surface area contributed by atoms with Crippen LogP contribution < -0.4 is 25.4 Å². The van der Waals surface area contributed by atoms with Crippen molar-refractivity contribution in [2.45, 2.75) is 44.3 Å². The summed E-state index contributed by atoms with van der Waals surface area (Å²) in [5.41, 5.74) is 1.38. The van der Waals surface area contributed by atoms with Gasteiger partial charge in [0.2, 0.25) is 6.41 Å². The highest BCUT2D eigenvalue weighted by molar-refractivity contribution is 6.00. The quantitative estimate of drug-likeness (QED) is 0.284. The Bertz CT molecular complexity index is 1000. The van der Waals surface area contributed by atoms with E-state index in [9.17, 15) is 19.7 Å². The first-order valence-electron chi connectivity index (χ1n) is 10.7. The van der Waals surface area contributed by atoms with Crippen molar-refractivity contribution in [3.05, 3.63) is 57.6 Å². The summed E-state index contributed by atoms with van der Waals surface area (Å²) in [4.78, 5) is 34.4. The fraction of sp³-hybridized carbons (Fsp3) is 0.391. The fourth-order valence-corrected chi connectivity index (χ4v) is 3.95. The Morgan fingerprint density at radius 3 is 2.39 bits per heavy atom. The second-order valence-corrected chi connectivity index (χ2v) is 7.84. The number of nitrogens with zero attached hydrogens (tertiary/aromatic N) is 1. The molecule has 176 valence electrons. The van der Waals surface area contributed by atoms with E-state index < -0.39 is 10.8 Å². The van der Waals surface area contributed by atoms with E-state index in [1.807, 2.05) is 0 Å². The van der Waals surface area contributed by atoms with E-state index in [-0.39, 0.29) is 29.9 Å². The highest BCUT2D eigenvalue weighted by Gasteiger charge is 2.23. The lowest BCUT2D eigenvalue weighted by Gasteiger charge is -2.29. The molecule has 0 aromatic heterocycles. The zero-order valence-electron chi connectivity index (χ0n) is 18.6. The molecule has 3 rings (SSSR count). The van der Waals surface area contributed by atoms with Gasteiger partial charge in [0.15, 0.2) is 11.5 Å². The summed E-state index contributed by atoms with van der Waals surface area (Å²) >= 11 is 0. The molecule has 0 heterocycles. The molecule has 0 radical (unpaired) electrons. The van der Waals surface area contributed by atoms with Crippen LogP contribution in [-0.2, 0) is 11.3 Å². The van der Waals surface area contributed by atoms with Crippen molar-refractivity contribution in [3.8, 4) is 11.5 Å². The molecular weight excluding hydrogens is 428 g/mol. The van der Waals surface area contributed by atoms with Gasteiger partial charge in [0, 0.05) is 36.4 Å². The first-order chi connectivity index (χ1) is 15.9. The predicted octanol–water partition coefficient (Wildman–Crippen LogP) is 3.01. The van der Waals surface area contributed by atoms with Crippen LogP contribution in [0.25, 0.3) is 0 Å². The molecule has 0 atom stereocenters. The third kappa shape index (κ3) is 6.12. The van der Waals surface area contributed by atoms with Gasteiger partial charge in [-0.3, -0.25) is 19.7 Å². The normalized spacial score (nSPS) is 17.5. The number of methoxy groups -OCH3 is 2. The summed E-state index contributed by atoms with van der Waals surface area (Å²) < 4.78 is 10.5. The lowest BCUT2D eigenvalue weighted by atomic mass is 9.91. The summed E-state index contributed by atoms with van der Waals surface area (Å²) in [7, 11) is 3.07. The third-order valence-corrected chi connectivity index (χ3v) is 5.75. The molecule has 0 spiro atoms. The summed E-state index contributed by atoms with van der Waals surface area (Å²) in [6.45, 7) is 0.212. The number of nitro groups is 1. The summed E-state index contributed by atoms with van der Waals surface area (Å²) in [5.74, 6) is 0.699. The number of rotatable bonds is 10. The Hall–Kier alpha value is -3.82. The number of hydrogen-bond acceptors (Lipinski definition) is 7. The number of nitrogens with one attached hydrogen (secondary N) is 3. The molecule has 1 saturated carbocycles. The molecule has 1 aliphatic carbocycles. The standard InChI is InChI=1S/C23H28N4O6/c1-32-21-10-3-15(11-22(21)33-2)13-24-23(29)19-12-18(27(30)31)8-9-20(19)26-17-6-4-16(5-7-17)25-14-28/h3,8-12,14,16-17,26H,4-7,13H2,1-2H3,(H,24,29)(H,25,28). The summed E-state index contributed by atoms with van der Waals surface area (Å²) in [6.07, 6.45) is 3.99. The Kier molecular flexibility index (Phi) is 8.06. The fourth-order valence-electron chi connectivity index (χ4n) is 3.95. The number of carbonyl (C=O) groups is 2. The number of anilines is 1. The number of ether oxygens (including phenoxy) is 2. The summed E-state index contributed by atoms with van der Waals surface area (Å²) in [5, 5.41) is 20.3. The minimum absolute atomic E-state index is 0.105. The minimum Gasteiger partial charge on any atom is -0.493 e. The highest BCUT2D eigenvalue weighted by atomic mass is 16.6. The molecule has 0 unspecified atom stereocenters. The van der Waals surface area contributed by atoms with Gasteiger partial charge in [-0.05, 0) is 49.4 Å². The van der Waals surface area contributed by atoms with Crippen LogP contribution in [0.4, 0.5) is 11.4 Å². The van der Waals surface area contributed by atoms with Gasteiger partial charge in [-0.15, -0.1) is 0 Å². The SMILES string of the molecule is COc1ccc(CNC(=O)c2cc([N+](=O)[O-])ccc2NC2CCC(NC=O)CC2)cc1OC. The Morgan fingerprint density at radius 2 is 1.76 bits per heavy atom. The zero-order valence-corrected chi connectivity index (χ0v) is 18.6. The molecule has 3 N–H and O–H groups in total. The third-order valence-electron chi connectivity index (χ3n) is 5.75. The van der Waals surface area contributed by atoms with Crippen LogP contribution in [0.2, 0.25) is 0 Å². The van der Waals surface area contributed by atoms with Crippen molar-refractivity contribution in [2.75, 3.05) is 19.5 Å². The molecule has 0 aliphatic heterocycles. The van der Waals surface area contributed by atoms with Gasteiger partial charge >= 0.3 is 0 Å². The number of carbonyl (C=O) groups excluding carboxylic acids is 2. The lowest BCUT2D eigenvalue weighted by Crippen LogP contribution is -2.36. The van der Waals surface area contributed by atoms with E-state index >= 15 is 0 Å². The molecule has 10 heteroatoms. The lowest BCUT2D eigenvalue weighted by molar-refractivity contribution is -0.384. The van der Waals surface area contributed by atoms with Gasteiger partial charge in [-0.25, -0.2) is 0 Å². The Morgan fingerprint density at radius 1 is 1.06 bits per heavy atom. The predicted molar refractivity (Wildman–Crippen MR) is 123 cm³/mol. The van der Waals surface area contributed by atoms with E-state index in [1.54, 1.807) is 31.4 Å². The zero-order chi connectivity index (χ0) is 23.8. The average Bonchev–Trinajstić information content (AvgIpc) is 2.83. The minimum atomic E-state index is -0.523. The average molecular weight is 456 g/mol. The van der Waals surface area contributed by atoms with E-state index in [4.69, 9.17) is 9.47 Å². The van der Waals surface area contributed by atoms with Crippen molar-refractivity contribution in [3.63, 3.8) is 0 Å². The molecule has 1 aliphatic rings. The number of nitro benzene ring substituents is 1. The Labute approximate surface area is 191 Å². The maximum absolute atomic E-state index is 13.0.